The van der Waals surface area contributed by atoms with E-state index in [4.69, 9.17) is 4.42 Å². The fourth-order valence-corrected chi connectivity index (χ4v) is 3.31. The third-order valence-corrected chi connectivity index (χ3v) is 5.31. The zero-order valence-corrected chi connectivity index (χ0v) is 16.0. The number of benzene rings is 2. The van der Waals surface area contributed by atoms with Crippen molar-refractivity contribution in [3.05, 3.63) is 66.5 Å². The second-order valence-electron chi connectivity index (χ2n) is 6.26. The molecule has 8 heteroatoms. The molecule has 28 heavy (non-hydrogen) atoms. The van der Waals surface area contributed by atoms with Crippen LogP contribution < -0.4 is 0 Å². The summed E-state index contributed by atoms with van der Waals surface area (Å²) >= 11 is 0. The first-order chi connectivity index (χ1) is 13.4. The Morgan fingerprint density at radius 1 is 0.893 bits per heavy atom. The Morgan fingerprint density at radius 2 is 1.57 bits per heavy atom. The molecular formula is C20H18N4O3S. The van der Waals surface area contributed by atoms with Gasteiger partial charge in [0.15, 0.2) is 9.84 Å². The summed E-state index contributed by atoms with van der Waals surface area (Å²) in [5.41, 5.74) is 3.28. The maximum Gasteiger partial charge on any atom is 0.268 e. The molecule has 0 spiro atoms. The van der Waals surface area contributed by atoms with Crippen LogP contribution in [0.5, 0.6) is 0 Å². The molecule has 0 bridgehead atoms. The van der Waals surface area contributed by atoms with Gasteiger partial charge in [0.05, 0.1) is 22.5 Å². The van der Waals surface area contributed by atoms with E-state index in [2.05, 4.69) is 20.2 Å². The highest BCUT2D eigenvalue weighted by Gasteiger charge is 2.16. The molecule has 0 aliphatic carbocycles. The number of aryl methyl sites for hydroxylation is 1. The lowest BCUT2D eigenvalue weighted by Gasteiger charge is -2.05. The molecule has 2 aromatic carbocycles. The number of aromatic nitrogens is 4. The van der Waals surface area contributed by atoms with Gasteiger partial charge in [-0.3, -0.25) is 4.98 Å². The summed E-state index contributed by atoms with van der Waals surface area (Å²) in [6.07, 6.45) is 2.80. The normalized spacial score (nSPS) is 11.5. The van der Waals surface area contributed by atoms with Gasteiger partial charge in [0, 0.05) is 18.8 Å². The van der Waals surface area contributed by atoms with E-state index in [1.807, 2.05) is 37.3 Å². The minimum Gasteiger partial charge on any atom is -0.415 e. The summed E-state index contributed by atoms with van der Waals surface area (Å²) in [5, 5.41) is 8.20. The van der Waals surface area contributed by atoms with Gasteiger partial charge in [-0.05, 0) is 31.2 Å². The lowest BCUT2D eigenvalue weighted by molar-refractivity contribution is 0.581. The van der Waals surface area contributed by atoms with Crippen LogP contribution in [-0.2, 0) is 9.84 Å². The third kappa shape index (κ3) is 3.54. The van der Waals surface area contributed by atoms with E-state index in [0.29, 0.717) is 23.0 Å². The number of sulfone groups is 1. The zero-order chi connectivity index (χ0) is 19.7. The molecule has 7 nitrogen and oxygen atoms in total. The van der Waals surface area contributed by atoms with Crippen LogP contribution in [0.3, 0.4) is 0 Å². The predicted octanol–water partition coefficient (Wildman–Crippen LogP) is 3.82. The van der Waals surface area contributed by atoms with E-state index in [-0.39, 0.29) is 12.2 Å². The van der Waals surface area contributed by atoms with Crippen molar-refractivity contribution in [1.82, 2.24) is 20.2 Å². The van der Waals surface area contributed by atoms with Crippen molar-refractivity contribution in [3.63, 3.8) is 0 Å². The molecule has 142 valence electrons. The van der Waals surface area contributed by atoms with Crippen molar-refractivity contribution >= 4 is 9.84 Å². The molecule has 0 atom stereocenters. The number of rotatable bonds is 4. The van der Waals surface area contributed by atoms with Gasteiger partial charge in [-0.25, -0.2) is 13.4 Å². The molecule has 0 aliphatic rings. The first-order valence-electron chi connectivity index (χ1n) is 8.45. The maximum absolute atomic E-state index is 11.6. The van der Waals surface area contributed by atoms with Crippen LogP contribution in [0.15, 0.2) is 70.1 Å². The fraction of sp³-hybridized carbons (Fsp3) is 0.100. The van der Waals surface area contributed by atoms with Crippen molar-refractivity contribution < 1.29 is 14.3 Å². The highest BCUT2D eigenvalue weighted by atomic mass is 32.2. The van der Waals surface area contributed by atoms with Crippen LogP contribution in [0.1, 0.15) is 7.12 Å². The molecular weight excluding hydrogens is 376 g/mol. The minimum atomic E-state index is -3.25. The van der Waals surface area contributed by atoms with Crippen LogP contribution in [0.2, 0.25) is 0 Å². The largest absolute Gasteiger partial charge is 0.415 e. The van der Waals surface area contributed by atoms with E-state index in [9.17, 15) is 8.42 Å². The van der Waals surface area contributed by atoms with Crippen LogP contribution in [0.4, 0.5) is 0 Å². The molecule has 2 aromatic heterocycles. The first-order valence-corrected chi connectivity index (χ1v) is 10.3. The standard InChI is InChI=1S/C20H16N4O3S.H2/c1-13-18(20-24-23-19(27-20)15-6-4-3-5-7-15)22-17(12-21-13)14-8-10-16(11-9-14)28(2,25)26;/h3-12H,1-2H3;1H. The Balaban J connectivity index is 0.00000240. The topological polar surface area (TPSA) is 98.8 Å². The minimum absolute atomic E-state index is 0. The van der Waals surface area contributed by atoms with Crippen molar-refractivity contribution in [3.8, 4) is 34.3 Å². The molecule has 4 aromatic rings. The summed E-state index contributed by atoms with van der Waals surface area (Å²) in [4.78, 5) is 9.23. The molecule has 0 radical (unpaired) electrons. The van der Waals surface area contributed by atoms with Crippen molar-refractivity contribution in [1.29, 1.82) is 0 Å². The van der Waals surface area contributed by atoms with Gasteiger partial charge in [-0.2, -0.15) is 0 Å². The number of hydrogen-bond donors (Lipinski definition) is 0. The molecule has 0 unspecified atom stereocenters. The van der Waals surface area contributed by atoms with Crippen LogP contribution >= 0.6 is 0 Å². The average molecular weight is 394 g/mol. The quantitative estimate of drug-likeness (QED) is 0.519. The van der Waals surface area contributed by atoms with Gasteiger partial charge in [-0.1, -0.05) is 30.3 Å². The lowest BCUT2D eigenvalue weighted by atomic mass is 10.1. The number of hydrogen-bond acceptors (Lipinski definition) is 7. The van der Waals surface area contributed by atoms with Crippen LogP contribution in [0, 0.1) is 6.92 Å². The molecule has 4 rings (SSSR count). The fourth-order valence-electron chi connectivity index (χ4n) is 2.68. The predicted molar refractivity (Wildman–Crippen MR) is 106 cm³/mol. The lowest BCUT2D eigenvalue weighted by Crippen LogP contribution is -1.98. The molecule has 2 heterocycles. The van der Waals surface area contributed by atoms with Crippen molar-refractivity contribution in [2.24, 2.45) is 0 Å². The molecule has 0 amide bonds. The Hall–Kier alpha value is -3.39. The van der Waals surface area contributed by atoms with Gasteiger partial charge in [0.1, 0.15) is 5.69 Å². The molecule has 0 N–H and O–H groups in total. The highest BCUT2D eigenvalue weighted by molar-refractivity contribution is 7.90. The highest BCUT2D eigenvalue weighted by Crippen LogP contribution is 2.27. The second kappa shape index (κ2) is 6.97. The van der Waals surface area contributed by atoms with Crippen molar-refractivity contribution in [2.45, 2.75) is 11.8 Å². The molecule has 0 aliphatic heterocycles. The Bertz CT molecular complexity index is 1240. The van der Waals surface area contributed by atoms with Crippen LogP contribution in [-0.4, -0.2) is 34.8 Å². The summed E-state index contributed by atoms with van der Waals surface area (Å²) < 4.78 is 29.0. The van der Waals surface area contributed by atoms with Gasteiger partial charge in [-0.15, -0.1) is 10.2 Å². The summed E-state index contributed by atoms with van der Waals surface area (Å²) in [6.45, 7) is 1.81. The molecule has 0 fully saturated rings. The summed E-state index contributed by atoms with van der Waals surface area (Å²) in [7, 11) is -3.25. The summed E-state index contributed by atoms with van der Waals surface area (Å²) in [5.74, 6) is 0.679. The second-order valence-corrected chi connectivity index (χ2v) is 8.28. The third-order valence-electron chi connectivity index (χ3n) is 4.18. The van der Waals surface area contributed by atoms with E-state index in [1.54, 1.807) is 30.5 Å². The molecule has 0 saturated heterocycles. The van der Waals surface area contributed by atoms with E-state index >= 15 is 0 Å². The van der Waals surface area contributed by atoms with Crippen molar-refractivity contribution in [2.75, 3.05) is 6.26 Å². The Labute approximate surface area is 163 Å². The van der Waals surface area contributed by atoms with E-state index in [0.717, 1.165) is 11.1 Å². The Morgan fingerprint density at radius 3 is 2.25 bits per heavy atom. The first kappa shape index (κ1) is 18.0. The van der Waals surface area contributed by atoms with Gasteiger partial charge < -0.3 is 4.42 Å². The Kier molecular flexibility index (Phi) is 4.48. The smallest absolute Gasteiger partial charge is 0.268 e. The molecule has 0 saturated carbocycles. The zero-order valence-electron chi connectivity index (χ0n) is 15.2. The van der Waals surface area contributed by atoms with Gasteiger partial charge in [0.25, 0.3) is 5.89 Å². The average Bonchev–Trinajstić information content (AvgIpc) is 3.18. The SMILES string of the molecule is Cc1ncc(-c2ccc(S(C)(=O)=O)cc2)nc1-c1nnc(-c2ccccc2)o1.[HH]. The monoisotopic (exact) mass is 394 g/mol. The van der Waals surface area contributed by atoms with Crippen LogP contribution in [0.25, 0.3) is 34.3 Å². The summed E-state index contributed by atoms with van der Waals surface area (Å²) in [6, 6.07) is 16.0. The van der Waals surface area contributed by atoms with Gasteiger partial charge >= 0.3 is 0 Å². The maximum atomic E-state index is 11.6. The van der Waals surface area contributed by atoms with E-state index < -0.39 is 9.84 Å². The van der Waals surface area contributed by atoms with Gasteiger partial charge in [0.2, 0.25) is 5.89 Å². The number of nitrogens with zero attached hydrogens (tertiary/aromatic N) is 4. The van der Waals surface area contributed by atoms with E-state index in [1.165, 1.54) is 6.26 Å².